The van der Waals surface area contributed by atoms with Crippen LogP contribution < -0.4 is 4.74 Å². The van der Waals surface area contributed by atoms with Crippen molar-refractivity contribution in [2.45, 2.75) is 0 Å². The SMILES string of the molecule is COc1ccc(C=C2N=C(c3ccc(Cl)c([N+](=O)[O-])c3)SC2=O)cc1. The molecular weight excluding hydrogens is 364 g/mol. The lowest BCUT2D eigenvalue weighted by Crippen LogP contribution is -1.96. The van der Waals surface area contributed by atoms with Crippen molar-refractivity contribution in [2.24, 2.45) is 4.99 Å². The van der Waals surface area contributed by atoms with Crippen molar-refractivity contribution >= 4 is 45.3 Å². The number of carbonyl (C=O) groups excluding carboxylic acids is 1. The number of hydrogen-bond acceptors (Lipinski definition) is 6. The topological polar surface area (TPSA) is 81.8 Å². The second-order valence-corrected chi connectivity index (χ2v) is 6.40. The Hall–Kier alpha value is -2.64. The molecule has 1 heterocycles. The van der Waals surface area contributed by atoms with Crippen molar-refractivity contribution in [3.63, 3.8) is 0 Å². The fraction of sp³-hybridized carbons (Fsp3) is 0.0588. The maximum Gasteiger partial charge on any atom is 0.288 e. The van der Waals surface area contributed by atoms with Gasteiger partial charge in [0.2, 0.25) is 5.12 Å². The van der Waals surface area contributed by atoms with Crippen LogP contribution in [-0.4, -0.2) is 22.2 Å². The first-order valence-electron chi connectivity index (χ1n) is 7.09. The van der Waals surface area contributed by atoms with Gasteiger partial charge < -0.3 is 4.74 Å². The summed E-state index contributed by atoms with van der Waals surface area (Å²) in [5.74, 6) is 0.715. The Morgan fingerprint density at radius 2 is 1.96 bits per heavy atom. The van der Waals surface area contributed by atoms with Crippen LogP contribution in [0.15, 0.2) is 53.2 Å². The molecule has 1 aliphatic heterocycles. The first-order valence-corrected chi connectivity index (χ1v) is 8.28. The summed E-state index contributed by atoms with van der Waals surface area (Å²) >= 11 is 6.74. The molecule has 2 aromatic carbocycles. The fourth-order valence-electron chi connectivity index (χ4n) is 2.18. The Bertz CT molecular complexity index is 923. The lowest BCUT2D eigenvalue weighted by molar-refractivity contribution is -0.384. The van der Waals surface area contributed by atoms with E-state index in [0.717, 1.165) is 17.3 Å². The molecule has 0 saturated heterocycles. The van der Waals surface area contributed by atoms with Gasteiger partial charge in [-0.3, -0.25) is 14.9 Å². The van der Waals surface area contributed by atoms with Crippen molar-refractivity contribution < 1.29 is 14.5 Å². The summed E-state index contributed by atoms with van der Waals surface area (Å²) in [7, 11) is 1.58. The Morgan fingerprint density at radius 1 is 1.24 bits per heavy atom. The average Bonchev–Trinajstić information content (AvgIpc) is 2.96. The van der Waals surface area contributed by atoms with Crippen LogP contribution in [0.25, 0.3) is 6.08 Å². The van der Waals surface area contributed by atoms with Crippen LogP contribution in [0.1, 0.15) is 11.1 Å². The van der Waals surface area contributed by atoms with Gasteiger partial charge in [0.1, 0.15) is 21.5 Å². The van der Waals surface area contributed by atoms with Gasteiger partial charge in [-0.15, -0.1) is 0 Å². The van der Waals surface area contributed by atoms with Crippen molar-refractivity contribution in [3.8, 4) is 5.75 Å². The Morgan fingerprint density at radius 3 is 2.60 bits per heavy atom. The fourth-order valence-corrected chi connectivity index (χ4v) is 3.14. The van der Waals surface area contributed by atoms with Gasteiger partial charge in [-0.1, -0.05) is 29.8 Å². The minimum Gasteiger partial charge on any atom is -0.497 e. The summed E-state index contributed by atoms with van der Waals surface area (Å²) in [6.07, 6.45) is 1.66. The quantitative estimate of drug-likeness (QED) is 0.452. The summed E-state index contributed by atoms with van der Waals surface area (Å²) in [5.41, 5.74) is 1.34. The van der Waals surface area contributed by atoms with Gasteiger partial charge in [0.05, 0.1) is 12.0 Å². The lowest BCUT2D eigenvalue weighted by Gasteiger charge is -2.00. The third-order valence-electron chi connectivity index (χ3n) is 3.43. The molecule has 0 atom stereocenters. The number of benzene rings is 2. The molecule has 8 heteroatoms. The molecule has 0 unspecified atom stereocenters. The standard InChI is InChI=1S/C17H11ClN2O4S/c1-24-12-5-2-10(3-6-12)8-14-17(21)25-16(19-14)11-4-7-13(18)15(9-11)20(22)23/h2-9H,1H3. The summed E-state index contributed by atoms with van der Waals surface area (Å²) in [6.45, 7) is 0. The van der Waals surface area contributed by atoms with E-state index < -0.39 is 4.92 Å². The minimum atomic E-state index is -0.568. The first kappa shape index (κ1) is 17.2. The number of nitro benzene ring substituents is 1. The zero-order chi connectivity index (χ0) is 18.0. The van der Waals surface area contributed by atoms with Gasteiger partial charge in [0, 0.05) is 11.6 Å². The summed E-state index contributed by atoms with van der Waals surface area (Å²) in [6, 6.07) is 11.5. The van der Waals surface area contributed by atoms with Crippen molar-refractivity contribution in [1.29, 1.82) is 0 Å². The number of nitrogens with zero attached hydrogens (tertiary/aromatic N) is 2. The maximum absolute atomic E-state index is 12.2. The number of methoxy groups -OCH3 is 1. The van der Waals surface area contributed by atoms with Crippen LogP contribution in [0.3, 0.4) is 0 Å². The number of nitro groups is 1. The van der Waals surface area contributed by atoms with E-state index in [-0.39, 0.29) is 21.5 Å². The molecule has 0 aliphatic carbocycles. The van der Waals surface area contributed by atoms with Crippen LogP contribution in [0.2, 0.25) is 5.02 Å². The molecule has 0 fully saturated rings. The van der Waals surface area contributed by atoms with Gasteiger partial charge in [-0.25, -0.2) is 4.99 Å². The molecule has 25 heavy (non-hydrogen) atoms. The molecule has 126 valence electrons. The number of halogens is 1. The Kier molecular flexibility index (Phi) is 4.87. The second-order valence-electron chi connectivity index (χ2n) is 5.03. The first-order chi connectivity index (χ1) is 12.0. The van der Waals surface area contributed by atoms with E-state index in [1.807, 2.05) is 12.1 Å². The Labute approximate surface area is 152 Å². The Balaban J connectivity index is 1.93. The summed E-state index contributed by atoms with van der Waals surface area (Å²) in [4.78, 5) is 26.9. The highest BCUT2D eigenvalue weighted by atomic mass is 35.5. The predicted octanol–water partition coefficient (Wildman–Crippen LogP) is 4.32. The number of aliphatic imine (C=N–C) groups is 1. The van der Waals surface area contributed by atoms with Crippen LogP contribution >= 0.6 is 23.4 Å². The van der Waals surface area contributed by atoms with Gasteiger partial charge in [-0.05, 0) is 41.6 Å². The molecule has 0 bridgehead atoms. The molecule has 0 spiro atoms. The molecule has 0 saturated carbocycles. The number of carbonyl (C=O) groups is 1. The molecule has 2 aromatic rings. The molecular formula is C17H11ClN2O4S. The van der Waals surface area contributed by atoms with E-state index in [4.69, 9.17) is 16.3 Å². The van der Waals surface area contributed by atoms with E-state index in [0.29, 0.717) is 16.4 Å². The van der Waals surface area contributed by atoms with Gasteiger partial charge in [-0.2, -0.15) is 0 Å². The van der Waals surface area contributed by atoms with Crippen LogP contribution in [-0.2, 0) is 4.79 Å². The predicted molar refractivity (Wildman–Crippen MR) is 98.2 cm³/mol. The van der Waals surface area contributed by atoms with Crippen molar-refractivity contribution in [2.75, 3.05) is 7.11 Å². The molecule has 3 rings (SSSR count). The molecule has 0 radical (unpaired) electrons. The molecule has 6 nitrogen and oxygen atoms in total. The van der Waals surface area contributed by atoms with E-state index in [9.17, 15) is 14.9 Å². The van der Waals surface area contributed by atoms with Crippen LogP contribution in [0.5, 0.6) is 5.75 Å². The zero-order valence-corrected chi connectivity index (χ0v) is 14.5. The highest BCUT2D eigenvalue weighted by molar-refractivity contribution is 8.27. The van der Waals surface area contributed by atoms with E-state index in [1.165, 1.54) is 12.1 Å². The van der Waals surface area contributed by atoms with Crippen molar-refractivity contribution in [1.82, 2.24) is 0 Å². The maximum atomic E-state index is 12.2. The number of thioether (sulfide) groups is 1. The number of hydrogen-bond donors (Lipinski definition) is 0. The third kappa shape index (κ3) is 3.72. The van der Waals surface area contributed by atoms with Crippen molar-refractivity contribution in [3.05, 3.63) is 74.4 Å². The normalized spacial score (nSPS) is 15.4. The zero-order valence-electron chi connectivity index (χ0n) is 12.9. The highest BCUT2D eigenvalue weighted by Gasteiger charge is 2.25. The number of ether oxygens (including phenoxy) is 1. The van der Waals surface area contributed by atoms with Crippen LogP contribution in [0.4, 0.5) is 5.69 Å². The highest BCUT2D eigenvalue weighted by Crippen LogP contribution is 2.32. The summed E-state index contributed by atoms with van der Waals surface area (Å²) in [5, 5.41) is 11.2. The monoisotopic (exact) mass is 374 g/mol. The van der Waals surface area contributed by atoms with E-state index in [2.05, 4.69) is 4.99 Å². The average molecular weight is 375 g/mol. The summed E-state index contributed by atoms with van der Waals surface area (Å²) < 4.78 is 5.09. The van der Waals surface area contributed by atoms with E-state index >= 15 is 0 Å². The van der Waals surface area contributed by atoms with Gasteiger partial charge >= 0.3 is 0 Å². The lowest BCUT2D eigenvalue weighted by atomic mass is 10.2. The molecule has 0 aromatic heterocycles. The molecule has 1 aliphatic rings. The smallest absolute Gasteiger partial charge is 0.288 e. The molecule has 0 N–H and O–H groups in total. The molecule has 0 amide bonds. The third-order valence-corrected chi connectivity index (χ3v) is 4.66. The van der Waals surface area contributed by atoms with Gasteiger partial charge in [0.25, 0.3) is 5.69 Å². The van der Waals surface area contributed by atoms with Crippen LogP contribution in [0, 0.1) is 10.1 Å². The largest absolute Gasteiger partial charge is 0.497 e. The minimum absolute atomic E-state index is 0.0395. The number of rotatable bonds is 4. The van der Waals surface area contributed by atoms with Gasteiger partial charge in [0.15, 0.2) is 0 Å². The van der Waals surface area contributed by atoms with E-state index in [1.54, 1.807) is 31.4 Å². The second kappa shape index (κ2) is 7.08.